The zero-order chi connectivity index (χ0) is 8.69. The van der Waals surface area contributed by atoms with Gasteiger partial charge >= 0.3 is 0 Å². The van der Waals surface area contributed by atoms with E-state index in [1.807, 2.05) is 0 Å². The van der Waals surface area contributed by atoms with Crippen LogP contribution in [-0.2, 0) is 9.47 Å². The van der Waals surface area contributed by atoms with Crippen LogP contribution in [0.15, 0.2) is 0 Å². The average Bonchev–Trinajstić information content (AvgIpc) is 2.05. The fourth-order valence-electron chi connectivity index (χ4n) is 0.558. The lowest BCUT2D eigenvalue weighted by Gasteiger charge is -2.18. The second kappa shape index (κ2) is 6.51. The number of ether oxygens (including phenoxy) is 2. The summed E-state index contributed by atoms with van der Waals surface area (Å²) in [5, 5.41) is 26.0. The Hall–Kier alpha value is -0.200. The molecule has 5 nitrogen and oxygen atoms in total. The minimum atomic E-state index is -1.06. The fraction of sp³-hybridized carbons (Fsp3) is 1.00. The van der Waals surface area contributed by atoms with Gasteiger partial charge in [-0.2, -0.15) is 0 Å². The van der Waals surface area contributed by atoms with Gasteiger partial charge in [-0.05, 0) is 0 Å². The summed E-state index contributed by atoms with van der Waals surface area (Å²) < 4.78 is 9.35. The van der Waals surface area contributed by atoms with Crippen molar-refractivity contribution >= 4 is 0 Å². The molecule has 0 aromatic carbocycles. The standard InChI is InChI=1S/C6H14O5/c1-10-4-11-6(3-8)5(9)2-7/h5-9H,2-4H2,1H3/t5-,6?/m1/s1. The molecule has 3 N–H and O–H groups in total. The topological polar surface area (TPSA) is 79.2 Å². The van der Waals surface area contributed by atoms with Crippen molar-refractivity contribution in [1.82, 2.24) is 0 Å². The number of aliphatic hydroxyl groups excluding tert-OH is 3. The molecule has 0 aliphatic heterocycles. The first-order valence-electron chi connectivity index (χ1n) is 3.26. The van der Waals surface area contributed by atoms with Crippen LogP contribution in [0.5, 0.6) is 0 Å². The fourth-order valence-corrected chi connectivity index (χ4v) is 0.558. The van der Waals surface area contributed by atoms with Crippen LogP contribution in [0.3, 0.4) is 0 Å². The first kappa shape index (κ1) is 10.8. The summed E-state index contributed by atoms with van der Waals surface area (Å²) in [6.07, 6.45) is -1.84. The summed E-state index contributed by atoms with van der Waals surface area (Å²) in [6, 6.07) is 0. The second-order valence-corrected chi connectivity index (χ2v) is 2.04. The molecule has 0 saturated carbocycles. The van der Waals surface area contributed by atoms with Gasteiger partial charge in [0, 0.05) is 7.11 Å². The smallest absolute Gasteiger partial charge is 0.146 e. The molecule has 0 aliphatic carbocycles. The Morgan fingerprint density at radius 1 is 1.27 bits per heavy atom. The van der Waals surface area contributed by atoms with Crippen LogP contribution < -0.4 is 0 Å². The summed E-state index contributed by atoms with van der Waals surface area (Å²) in [5.74, 6) is 0. The lowest BCUT2D eigenvalue weighted by atomic mass is 10.2. The summed E-state index contributed by atoms with van der Waals surface area (Å²) in [4.78, 5) is 0. The largest absolute Gasteiger partial charge is 0.394 e. The molecule has 68 valence electrons. The van der Waals surface area contributed by atoms with E-state index in [1.54, 1.807) is 0 Å². The van der Waals surface area contributed by atoms with Crippen LogP contribution in [0.25, 0.3) is 0 Å². The number of hydrogen-bond acceptors (Lipinski definition) is 5. The summed E-state index contributed by atoms with van der Waals surface area (Å²) in [5.41, 5.74) is 0. The SMILES string of the molecule is COCOC(CO)[C@H](O)CO. The third-order valence-corrected chi connectivity index (χ3v) is 1.20. The Morgan fingerprint density at radius 2 is 1.91 bits per heavy atom. The Morgan fingerprint density at radius 3 is 2.27 bits per heavy atom. The van der Waals surface area contributed by atoms with Crippen LogP contribution in [0.1, 0.15) is 0 Å². The molecule has 0 heterocycles. The van der Waals surface area contributed by atoms with Crippen molar-refractivity contribution in [2.45, 2.75) is 12.2 Å². The predicted molar refractivity (Wildman–Crippen MR) is 36.9 cm³/mol. The summed E-state index contributed by atoms with van der Waals surface area (Å²) >= 11 is 0. The van der Waals surface area contributed by atoms with Crippen LogP contribution in [0.4, 0.5) is 0 Å². The quantitative estimate of drug-likeness (QED) is 0.411. The van der Waals surface area contributed by atoms with E-state index in [0.717, 1.165) is 0 Å². The van der Waals surface area contributed by atoms with Gasteiger partial charge in [-0.1, -0.05) is 0 Å². The Balaban J connectivity index is 3.56. The highest BCUT2D eigenvalue weighted by atomic mass is 16.7. The van der Waals surface area contributed by atoms with Gasteiger partial charge in [0.2, 0.25) is 0 Å². The van der Waals surface area contributed by atoms with Gasteiger partial charge in [0.25, 0.3) is 0 Å². The van der Waals surface area contributed by atoms with Crippen molar-refractivity contribution in [3.8, 4) is 0 Å². The molecule has 0 fully saturated rings. The van der Waals surface area contributed by atoms with Crippen molar-refractivity contribution < 1.29 is 24.8 Å². The number of rotatable bonds is 6. The van der Waals surface area contributed by atoms with Crippen LogP contribution >= 0.6 is 0 Å². The highest BCUT2D eigenvalue weighted by Gasteiger charge is 2.17. The number of methoxy groups -OCH3 is 1. The minimum absolute atomic E-state index is 0.0116. The van der Waals surface area contributed by atoms with E-state index in [1.165, 1.54) is 7.11 Å². The van der Waals surface area contributed by atoms with Crippen molar-refractivity contribution in [2.75, 3.05) is 27.1 Å². The maximum absolute atomic E-state index is 8.95. The summed E-state index contributed by atoms with van der Waals surface area (Å²) in [7, 11) is 1.43. The van der Waals surface area contributed by atoms with Crippen LogP contribution in [0.2, 0.25) is 0 Å². The second-order valence-electron chi connectivity index (χ2n) is 2.04. The zero-order valence-electron chi connectivity index (χ0n) is 6.43. The zero-order valence-corrected chi connectivity index (χ0v) is 6.43. The van der Waals surface area contributed by atoms with Gasteiger partial charge in [0.05, 0.1) is 13.2 Å². The molecule has 0 radical (unpaired) electrons. The highest BCUT2D eigenvalue weighted by Crippen LogP contribution is 1.97. The van der Waals surface area contributed by atoms with Gasteiger partial charge in [-0.15, -0.1) is 0 Å². The van der Waals surface area contributed by atoms with Gasteiger partial charge in [0.1, 0.15) is 19.0 Å². The van der Waals surface area contributed by atoms with Gasteiger partial charge in [-0.3, -0.25) is 0 Å². The van der Waals surface area contributed by atoms with Crippen molar-refractivity contribution in [2.24, 2.45) is 0 Å². The summed E-state index contributed by atoms with van der Waals surface area (Å²) in [6.45, 7) is -0.789. The molecule has 11 heavy (non-hydrogen) atoms. The molecule has 0 amide bonds. The predicted octanol–water partition coefficient (Wildman–Crippen LogP) is -1.68. The van der Waals surface area contributed by atoms with Crippen LogP contribution in [0, 0.1) is 0 Å². The Kier molecular flexibility index (Phi) is 6.39. The molecule has 0 aliphatic rings. The molecule has 5 heteroatoms. The van der Waals surface area contributed by atoms with Gasteiger partial charge in [0.15, 0.2) is 0 Å². The van der Waals surface area contributed by atoms with E-state index >= 15 is 0 Å². The maximum Gasteiger partial charge on any atom is 0.146 e. The normalized spacial score (nSPS) is 16.4. The monoisotopic (exact) mass is 166 g/mol. The lowest BCUT2D eigenvalue weighted by molar-refractivity contribution is -0.135. The first-order valence-corrected chi connectivity index (χ1v) is 3.26. The molecule has 0 spiro atoms. The molecule has 0 saturated heterocycles. The molecular formula is C6H14O5. The Labute approximate surface area is 65.2 Å². The molecular weight excluding hydrogens is 152 g/mol. The minimum Gasteiger partial charge on any atom is -0.394 e. The van der Waals surface area contributed by atoms with Crippen molar-refractivity contribution in [1.29, 1.82) is 0 Å². The molecule has 2 atom stereocenters. The van der Waals surface area contributed by atoms with E-state index in [0.29, 0.717) is 0 Å². The number of aliphatic hydroxyl groups is 3. The molecule has 0 bridgehead atoms. The maximum atomic E-state index is 8.95. The Bertz CT molecular complexity index is 87.0. The van der Waals surface area contributed by atoms with E-state index in [4.69, 9.17) is 20.1 Å². The molecule has 0 aromatic heterocycles. The van der Waals surface area contributed by atoms with E-state index in [2.05, 4.69) is 4.74 Å². The first-order chi connectivity index (χ1) is 5.26. The molecule has 0 aromatic rings. The molecule has 1 unspecified atom stereocenters. The van der Waals surface area contributed by atoms with Gasteiger partial charge < -0.3 is 24.8 Å². The van der Waals surface area contributed by atoms with Crippen molar-refractivity contribution in [3.05, 3.63) is 0 Å². The lowest BCUT2D eigenvalue weighted by Crippen LogP contribution is -2.35. The highest BCUT2D eigenvalue weighted by molar-refractivity contribution is 4.65. The third-order valence-electron chi connectivity index (χ3n) is 1.20. The van der Waals surface area contributed by atoms with Crippen molar-refractivity contribution in [3.63, 3.8) is 0 Å². The third kappa shape index (κ3) is 4.28. The van der Waals surface area contributed by atoms with E-state index < -0.39 is 18.8 Å². The number of hydrogen-bond donors (Lipinski definition) is 3. The van der Waals surface area contributed by atoms with Crippen LogP contribution in [-0.4, -0.2) is 54.6 Å². The average molecular weight is 166 g/mol. The van der Waals surface area contributed by atoms with E-state index in [9.17, 15) is 0 Å². The van der Waals surface area contributed by atoms with Gasteiger partial charge in [-0.25, -0.2) is 0 Å². The molecule has 0 rings (SSSR count). The van der Waals surface area contributed by atoms with E-state index in [-0.39, 0.29) is 13.4 Å².